The Morgan fingerprint density at radius 3 is 3.00 bits per heavy atom. The van der Waals surface area contributed by atoms with Crippen molar-refractivity contribution in [2.24, 2.45) is 5.73 Å². The van der Waals surface area contributed by atoms with Crippen LogP contribution in [0.4, 0.5) is 0 Å². The fourth-order valence-electron chi connectivity index (χ4n) is 1.23. The molecule has 0 saturated carbocycles. The zero-order valence-corrected chi connectivity index (χ0v) is 8.01. The van der Waals surface area contributed by atoms with Crippen molar-refractivity contribution in [2.75, 3.05) is 13.2 Å². The number of fused-ring (bicyclic) bond motifs is 1. The third-order valence-corrected chi connectivity index (χ3v) is 2.76. The zero-order chi connectivity index (χ0) is 9.10. The van der Waals surface area contributed by atoms with E-state index in [0.29, 0.717) is 13.2 Å². The summed E-state index contributed by atoms with van der Waals surface area (Å²) >= 11 is 1.70. The predicted octanol–water partition coefficient (Wildman–Crippen LogP) is 2.24. The van der Waals surface area contributed by atoms with Crippen LogP contribution in [0.25, 0.3) is 10.1 Å². The van der Waals surface area contributed by atoms with Crippen LogP contribution in [-0.2, 0) is 0 Å². The molecule has 0 spiro atoms. The summed E-state index contributed by atoms with van der Waals surface area (Å²) < 4.78 is 6.75. The van der Waals surface area contributed by atoms with Crippen LogP contribution in [0.1, 0.15) is 0 Å². The van der Waals surface area contributed by atoms with Crippen LogP contribution in [0.2, 0.25) is 0 Å². The van der Waals surface area contributed by atoms with Crippen molar-refractivity contribution in [3.63, 3.8) is 0 Å². The summed E-state index contributed by atoms with van der Waals surface area (Å²) in [6, 6.07) is 8.21. The fraction of sp³-hybridized carbons (Fsp3) is 0.200. The van der Waals surface area contributed by atoms with Gasteiger partial charge in [-0.15, -0.1) is 11.3 Å². The highest BCUT2D eigenvalue weighted by molar-refractivity contribution is 7.17. The van der Waals surface area contributed by atoms with E-state index in [1.54, 1.807) is 11.3 Å². The molecule has 0 aliphatic carbocycles. The molecule has 2 rings (SSSR count). The Balaban J connectivity index is 2.35. The Kier molecular flexibility index (Phi) is 2.47. The minimum atomic E-state index is 0.560. The number of hydrogen-bond donors (Lipinski definition) is 1. The van der Waals surface area contributed by atoms with Crippen molar-refractivity contribution in [1.82, 2.24) is 0 Å². The van der Waals surface area contributed by atoms with Crippen LogP contribution in [0.5, 0.6) is 5.75 Å². The van der Waals surface area contributed by atoms with Crippen LogP contribution in [0, 0.1) is 0 Å². The van der Waals surface area contributed by atoms with Crippen molar-refractivity contribution >= 4 is 21.4 Å². The van der Waals surface area contributed by atoms with Gasteiger partial charge in [-0.05, 0) is 12.1 Å². The van der Waals surface area contributed by atoms with Crippen molar-refractivity contribution in [1.29, 1.82) is 0 Å². The largest absolute Gasteiger partial charge is 0.491 e. The fourth-order valence-corrected chi connectivity index (χ4v) is 2.12. The third kappa shape index (κ3) is 1.66. The lowest BCUT2D eigenvalue weighted by molar-refractivity contribution is 0.333. The lowest BCUT2D eigenvalue weighted by Gasteiger charge is -2.01. The van der Waals surface area contributed by atoms with Gasteiger partial charge < -0.3 is 10.5 Å². The first-order valence-electron chi connectivity index (χ1n) is 4.21. The molecule has 2 nitrogen and oxygen atoms in total. The van der Waals surface area contributed by atoms with Crippen molar-refractivity contribution < 1.29 is 4.74 Å². The molecule has 0 radical (unpaired) electrons. The summed E-state index contributed by atoms with van der Waals surface area (Å²) in [5.41, 5.74) is 5.37. The van der Waals surface area contributed by atoms with Gasteiger partial charge in [-0.25, -0.2) is 0 Å². The second-order valence-electron chi connectivity index (χ2n) is 2.73. The monoisotopic (exact) mass is 193 g/mol. The second-order valence-corrected chi connectivity index (χ2v) is 3.64. The Morgan fingerprint density at radius 2 is 2.15 bits per heavy atom. The zero-order valence-electron chi connectivity index (χ0n) is 7.19. The number of ether oxygens (including phenoxy) is 1. The summed E-state index contributed by atoms with van der Waals surface area (Å²) in [5, 5.41) is 3.21. The van der Waals surface area contributed by atoms with E-state index in [0.717, 1.165) is 5.75 Å². The SMILES string of the molecule is NCCOc1csc2ccccc12. The summed E-state index contributed by atoms with van der Waals surface area (Å²) in [7, 11) is 0. The first-order chi connectivity index (χ1) is 6.42. The standard InChI is InChI=1S/C10H11NOS/c11-5-6-12-9-7-13-10-4-2-1-3-8(9)10/h1-4,7H,5-6,11H2. The van der Waals surface area contributed by atoms with Gasteiger partial charge in [-0.2, -0.15) is 0 Å². The normalized spacial score (nSPS) is 10.5. The van der Waals surface area contributed by atoms with Crippen LogP contribution in [0.15, 0.2) is 29.6 Å². The van der Waals surface area contributed by atoms with E-state index < -0.39 is 0 Å². The Hall–Kier alpha value is -1.06. The van der Waals surface area contributed by atoms with Gasteiger partial charge in [0.1, 0.15) is 12.4 Å². The second kappa shape index (κ2) is 3.77. The molecule has 1 aromatic heterocycles. The van der Waals surface area contributed by atoms with Crippen molar-refractivity contribution in [2.45, 2.75) is 0 Å². The molecule has 3 heteroatoms. The molecule has 13 heavy (non-hydrogen) atoms. The Labute approximate surface area is 80.9 Å². The number of rotatable bonds is 3. The molecule has 0 amide bonds. The van der Waals surface area contributed by atoms with E-state index in [1.807, 2.05) is 17.5 Å². The highest BCUT2D eigenvalue weighted by Gasteiger charge is 2.02. The summed E-state index contributed by atoms with van der Waals surface area (Å²) in [5.74, 6) is 0.950. The number of nitrogens with two attached hydrogens (primary N) is 1. The summed E-state index contributed by atoms with van der Waals surface area (Å²) in [4.78, 5) is 0. The maximum Gasteiger partial charge on any atom is 0.137 e. The van der Waals surface area contributed by atoms with Gasteiger partial charge in [0.15, 0.2) is 0 Å². The van der Waals surface area contributed by atoms with Crippen LogP contribution in [-0.4, -0.2) is 13.2 Å². The van der Waals surface area contributed by atoms with E-state index in [9.17, 15) is 0 Å². The number of benzene rings is 1. The number of hydrogen-bond acceptors (Lipinski definition) is 3. The molecule has 1 aromatic carbocycles. The molecule has 0 atom stereocenters. The van der Waals surface area contributed by atoms with Gasteiger partial charge in [0.25, 0.3) is 0 Å². The minimum absolute atomic E-state index is 0.560. The van der Waals surface area contributed by atoms with Crippen LogP contribution >= 0.6 is 11.3 Å². The molecule has 0 saturated heterocycles. The molecular weight excluding hydrogens is 182 g/mol. The van der Waals surface area contributed by atoms with Gasteiger partial charge in [0.2, 0.25) is 0 Å². The lowest BCUT2D eigenvalue weighted by Crippen LogP contribution is -2.10. The average Bonchev–Trinajstić information content (AvgIpc) is 2.58. The molecule has 0 bridgehead atoms. The predicted molar refractivity (Wildman–Crippen MR) is 56.4 cm³/mol. The van der Waals surface area contributed by atoms with Gasteiger partial charge in [-0.1, -0.05) is 12.1 Å². The topological polar surface area (TPSA) is 35.2 Å². The Morgan fingerprint density at radius 1 is 1.31 bits per heavy atom. The molecule has 0 fully saturated rings. The van der Waals surface area contributed by atoms with E-state index >= 15 is 0 Å². The third-order valence-electron chi connectivity index (χ3n) is 1.82. The number of thiophene rings is 1. The summed E-state index contributed by atoms with van der Waals surface area (Å²) in [6.07, 6.45) is 0. The van der Waals surface area contributed by atoms with Gasteiger partial charge >= 0.3 is 0 Å². The molecule has 1 heterocycles. The molecule has 0 aliphatic heterocycles. The maximum atomic E-state index is 5.49. The minimum Gasteiger partial charge on any atom is -0.491 e. The highest BCUT2D eigenvalue weighted by Crippen LogP contribution is 2.31. The van der Waals surface area contributed by atoms with Crippen LogP contribution in [0.3, 0.4) is 0 Å². The van der Waals surface area contributed by atoms with Crippen LogP contribution < -0.4 is 10.5 Å². The maximum absolute atomic E-state index is 5.49. The Bertz CT molecular complexity index is 396. The first-order valence-corrected chi connectivity index (χ1v) is 5.09. The molecule has 0 aliphatic rings. The van der Waals surface area contributed by atoms with Gasteiger partial charge in [0.05, 0.1) is 0 Å². The average molecular weight is 193 g/mol. The summed E-state index contributed by atoms with van der Waals surface area (Å²) in [6.45, 7) is 1.14. The van der Waals surface area contributed by atoms with Crippen molar-refractivity contribution in [3.8, 4) is 5.75 Å². The highest BCUT2D eigenvalue weighted by atomic mass is 32.1. The smallest absolute Gasteiger partial charge is 0.137 e. The van der Waals surface area contributed by atoms with E-state index in [4.69, 9.17) is 10.5 Å². The lowest BCUT2D eigenvalue weighted by atomic mass is 10.2. The van der Waals surface area contributed by atoms with Gasteiger partial charge in [-0.3, -0.25) is 0 Å². The first kappa shape index (κ1) is 8.53. The van der Waals surface area contributed by atoms with E-state index in [1.165, 1.54) is 10.1 Å². The molecule has 2 N–H and O–H groups in total. The van der Waals surface area contributed by atoms with E-state index in [-0.39, 0.29) is 0 Å². The molecule has 0 unspecified atom stereocenters. The molecule has 68 valence electrons. The van der Waals surface area contributed by atoms with E-state index in [2.05, 4.69) is 12.1 Å². The van der Waals surface area contributed by atoms with Gasteiger partial charge in [0, 0.05) is 22.0 Å². The molecule has 2 aromatic rings. The quantitative estimate of drug-likeness (QED) is 0.811. The molecular formula is C10H11NOS. The van der Waals surface area contributed by atoms with Crippen molar-refractivity contribution in [3.05, 3.63) is 29.6 Å².